The van der Waals surface area contributed by atoms with E-state index < -0.39 is 0 Å². The summed E-state index contributed by atoms with van der Waals surface area (Å²) >= 11 is 0. The number of carbonyl (C=O) groups is 1. The fraction of sp³-hybridized carbons (Fsp3) is 0.350. The first kappa shape index (κ1) is 25.6. The molecule has 1 aliphatic heterocycles. The second kappa shape index (κ2) is 11.1. The Hall–Kier alpha value is -2.42. The van der Waals surface area contributed by atoms with Crippen molar-refractivity contribution < 1.29 is 19.2 Å². The third-order valence-corrected chi connectivity index (χ3v) is 5.01. The van der Waals surface area contributed by atoms with Gasteiger partial charge in [-0.05, 0) is 44.0 Å². The van der Waals surface area contributed by atoms with Crippen molar-refractivity contribution in [1.29, 1.82) is 0 Å². The van der Waals surface area contributed by atoms with Crippen molar-refractivity contribution in [3.05, 3.63) is 53.6 Å². The van der Waals surface area contributed by atoms with Gasteiger partial charge in [-0.15, -0.1) is 24.8 Å². The molecule has 1 saturated heterocycles. The van der Waals surface area contributed by atoms with Gasteiger partial charge < -0.3 is 20.2 Å². The Morgan fingerprint density at radius 1 is 1.27 bits per heavy atom. The number of rotatable bonds is 4. The standard InChI is InChI=1S/C20H21FN4O2.2ClH.H2O/c1-2-22-20(26)16-4-3-9-23-19(16)25-10-7-13(8-11-25)18-15-6-5-14(21)12-17(15)27-24-18;;;/h3-6,9,12-13H,2,7-8,10-11H2,1H3,(H,22,26);2*1H;1H2. The minimum absolute atomic E-state index is 0. The van der Waals surface area contributed by atoms with Gasteiger partial charge in [-0.2, -0.15) is 0 Å². The van der Waals surface area contributed by atoms with Gasteiger partial charge in [0.15, 0.2) is 5.58 Å². The zero-order chi connectivity index (χ0) is 18.8. The van der Waals surface area contributed by atoms with Gasteiger partial charge in [0.05, 0.1) is 11.3 Å². The lowest BCUT2D eigenvalue weighted by molar-refractivity contribution is 0.0956. The van der Waals surface area contributed by atoms with Gasteiger partial charge in [0.1, 0.15) is 11.6 Å². The summed E-state index contributed by atoms with van der Waals surface area (Å²) in [7, 11) is 0. The van der Waals surface area contributed by atoms with E-state index in [1.54, 1.807) is 24.4 Å². The van der Waals surface area contributed by atoms with E-state index in [9.17, 15) is 9.18 Å². The third-order valence-electron chi connectivity index (χ3n) is 5.01. The lowest BCUT2D eigenvalue weighted by atomic mass is 9.91. The predicted octanol–water partition coefficient (Wildman–Crippen LogP) is 3.51. The lowest BCUT2D eigenvalue weighted by Crippen LogP contribution is -2.36. The number of aromatic nitrogens is 2. The molecule has 0 spiro atoms. The van der Waals surface area contributed by atoms with Crippen molar-refractivity contribution in [2.75, 3.05) is 24.5 Å². The molecule has 0 saturated carbocycles. The summed E-state index contributed by atoms with van der Waals surface area (Å²) in [6, 6.07) is 8.12. The molecule has 3 aromatic rings. The maximum Gasteiger partial charge on any atom is 0.255 e. The number of amides is 1. The third kappa shape index (κ3) is 5.00. The molecule has 1 amide bonds. The second-order valence-corrected chi connectivity index (χ2v) is 6.70. The van der Waals surface area contributed by atoms with Crippen LogP contribution in [0.2, 0.25) is 0 Å². The quantitative estimate of drug-likeness (QED) is 0.643. The van der Waals surface area contributed by atoms with E-state index >= 15 is 0 Å². The van der Waals surface area contributed by atoms with Crippen LogP contribution < -0.4 is 10.2 Å². The molecule has 30 heavy (non-hydrogen) atoms. The number of piperidine rings is 1. The Morgan fingerprint density at radius 2 is 2.00 bits per heavy atom. The Labute approximate surface area is 186 Å². The Bertz CT molecular complexity index is 978. The molecule has 0 bridgehead atoms. The highest BCUT2D eigenvalue weighted by Crippen LogP contribution is 2.34. The average molecular weight is 459 g/mol. The van der Waals surface area contributed by atoms with Gasteiger partial charge in [0.25, 0.3) is 5.91 Å². The smallest absolute Gasteiger partial charge is 0.255 e. The van der Waals surface area contributed by atoms with E-state index in [0.717, 1.165) is 37.0 Å². The van der Waals surface area contributed by atoms with Gasteiger partial charge >= 0.3 is 0 Å². The van der Waals surface area contributed by atoms with Gasteiger partial charge in [0.2, 0.25) is 0 Å². The minimum Gasteiger partial charge on any atom is -0.412 e. The van der Waals surface area contributed by atoms with E-state index in [4.69, 9.17) is 4.52 Å². The molecule has 0 aliphatic carbocycles. The average Bonchev–Trinajstić information content (AvgIpc) is 3.11. The molecule has 3 heterocycles. The summed E-state index contributed by atoms with van der Waals surface area (Å²) in [6.45, 7) is 4.01. The monoisotopic (exact) mass is 458 g/mol. The van der Waals surface area contributed by atoms with E-state index in [-0.39, 0.29) is 47.9 Å². The molecular formula is C20H25Cl2FN4O3. The summed E-state index contributed by atoms with van der Waals surface area (Å²) in [6.07, 6.45) is 3.44. The fourth-order valence-corrected chi connectivity index (χ4v) is 3.67. The molecule has 1 fully saturated rings. The number of halogens is 3. The summed E-state index contributed by atoms with van der Waals surface area (Å²) in [5, 5.41) is 7.90. The van der Waals surface area contributed by atoms with Crippen LogP contribution in [0.5, 0.6) is 0 Å². The first-order valence-corrected chi connectivity index (χ1v) is 9.20. The highest BCUT2D eigenvalue weighted by molar-refractivity contribution is 5.98. The van der Waals surface area contributed by atoms with Gasteiger partial charge in [-0.25, -0.2) is 9.37 Å². The molecule has 2 aromatic heterocycles. The van der Waals surface area contributed by atoms with Gasteiger partial charge in [-0.1, -0.05) is 5.16 Å². The minimum atomic E-state index is -0.326. The van der Waals surface area contributed by atoms with Crippen molar-refractivity contribution in [3.8, 4) is 0 Å². The summed E-state index contributed by atoms with van der Waals surface area (Å²) in [5.74, 6) is 0.527. The molecule has 3 N–H and O–H groups in total. The second-order valence-electron chi connectivity index (χ2n) is 6.70. The van der Waals surface area contributed by atoms with Crippen LogP contribution in [0.25, 0.3) is 11.0 Å². The predicted molar refractivity (Wildman–Crippen MR) is 119 cm³/mol. The van der Waals surface area contributed by atoms with Crippen molar-refractivity contribution in [2.45, 2.75) is 25.7 Å². The van der Waals surface area contributed by atoms with E-state index in [1.165, 1.54) is 12.1 Å². The van der Waals surface area contributed by atoms with Gasteiger partial charge in [0, 0.05) is 43.2 Å². The van der Waals surface area contributed by atoms with Crippen LogP contribution in [0.15, 0.2) is 41.1 Å². The van der Waals surface area contributed by atoms with E-state index in [2.05, 4.69) is 20.4 Å². The Morgan fingerprint density at radius 3 is 2.70 bits per heavy atom. The lowest BCUT2D eigenvalue weighted by Gasteiger charge is -2.33. The number of hydrogen-bond acceptors (Lipinski definition) is 5. The van der Waals surface area contributed by atoms with Gasteiger partial charge in [-0.3, -0.25) is 4.79 Å². The zero-order valence-electron chi connectivity index (χ0n) is 16.4. The normalized spacial score (nSPS) is 13.7. The van der Waals surface area contributed by atoms with Crippen molar-refractivity contribution in [2.24, 2.45) is 0 Å². The maximum absolute atomic E-state index is 13.4. The van der Waals surface area contributed by atoms with Crippen LogP contribution in [-0.4, -0.2) is 41.2 Å². The van der Waals surface area contributed by atoms with Crippen LogP contribution in [0.4, 0.5) is 10.2 Å². The number of benzene rings is 1. The molecule has 7 nitrogen and oxygen atoms in total. The van der Waals surface area contributed by atoms with E-state index in [1.807, 2.05) is 6.92 Å². The van der Waals surface area contributed by atoms with Crippen LogP contribution in [0, 0.1) is 5.82 Å². The molecule has 0 radical (unpaired) electrons. The molecule has 0 unspecified atom stereocenters. The highest BCUT2D eigenvalue weighted by Gasteiger charge is 2.27. The number of pyridine rings is 1. The first-order valence-electron chi connectivity index (χ1n) is 9.20. The highest BCUT2D eigenvalue weighted by atomic mass is 35.5. The molecule has 1 aromatic carbocycles. The molecule has 10 heteroatoms. The maximum atomic E-state index is 13.4. The molecule has 4 rings (SSSR count). The molecule has 1 aliphatic rings. The Kier molecular flexibility index (Phi) is 9.48. The topological polar surface area (TPSA) is 103 Å². The Balaban J connectivity index is 0.00000150. The summed E-state index contributed by atoms with van der Waals surface area (Å²) in [5.41, 5.74) is 1.96. The number of carbonyl (C=O) groups excluding carboxylic acids is 1. The summed E-state index contributed by atoms with van der Waals surface area (Å²) < 4.78 is 18.7. The van der Waals surface area contributed by atoms with E-state index in [0.29, 0.717) is 23.5 Å². The van der Waals surface area contributed by atoms with Crippen LogP contribution in [0.1, 0.15) is 41.7 Å². The molecule has 164 valence electrons. The van der Waals surface area contributed by atoms with Crippen molar-refractivity contribution in [3.63, 3.8) is 0 Å². The number of anilines is 1. The molecular weight excluding hydrogens is 434 g/mol. The van der Waals surface area contributed by atoms with Crippen molar-refractivity contribution in [1.82, 2.24) is 15.5 Å². The number of nitrogens with one attached hydrogen (secondary N) is 1. The first-order chi connectivity index (χ1) is 13.2. The van der Waals surface area contributed by atoms with Crippen LogP contribution >= 0.6 is 24.8 Å². The SMILES string of the molecule is CCNC(=O)c1cccnc1N1CCC(c2noc3cc(F)ccc23)CC1.Cl.Cl.O. The van der Waals surface area contributed by atoms with Crippen LogP contribution in [0.3, 0.4) is 0 Å². The van der Waals surface area contributed by atoms with Crippen molar-refractivity contribution >= 4 is 47.5 Å². The molecule has 0 atom stereocenters. The number of nitrogens with zero attached hydrogens (tertiary/aromatic N) is 3. The zero-order valence-corrected chi connectivity index (χ0v) is 18.1. The summed E-state index contributed by atoms with van der Waals surface area (Å²) in [4.78, 5) is 18.9. The largest absolute Gasteiger partial charge is 0.412 e. The number of hydrogen-bond donors (Lipinski definition) is 1. The number of fused-ring (bicyclic) bond motifs is 1. The van der Waals surface area contributed by atoms with Crippen LogP contribution in [-0.2, 0) is 0 Å². The fourth-order valence-electron chi connectivity index (χ4n) is 3.67.